The molecule has 110 valence electrons. The third-order valence-electron chi connectivity index (χ3n) is 3.17. The van der Waals surface area contributed by atoms with Gasteiger partial charge in [-0.25, -0.2) is 4.98 Å². The highest BCUT2D eigenvalue weighted by Crippen LogP contribution is 2.08. The van der Waals surface area contributed by atoms with Gasteiger partial charge in [-0.05, 0) is 19.5 Å². The molecule has 1 unspecified atom stereocenters. The Morgan fingerprint density at radius 2 is 2.21 bits per heavy atom. The Balaban J connectivity index is 2.56. The Kier molecular flexibility index (Phi) is 6.87. The lowest BCUT2D eigenvalue weighted by Gasteiger charge is -2.23. The number of nitrogens with one attached hydrogen (secondary N) is 1. The fourth-order valence-corrected chi connectivity index (χ4v) is 1.82. The van der Waals surface area contributed by atoms with E-state index in [1.165, 1.54) is 0 Å². The molecule has 0 amide bonds. The maximum Gasteiger partial charge on any atom is 0.202 e. The Labute approximate surface area is 117 Å². The number of likely N-dealkylation sites (N-methyl/N-ethyl adjacent to an activating group) is 1. The number of hydrogen-bond acceptors (Lipinski definition) is 4. The molecule has 1 rings (SSSR count). The lowest BCUT2D eigenvalue weighted by Crippen LogP contribution is -2.33. The maximum atomic E-state index is 5.56. The van der Waals surface area contributed by atoms with Gasteiger partial charge in [0.1, 0.15) is 0 Å². The van der Waals surface area contributed by atoms with Crippen molar-refractivity contribution in [2.45, 2.75) is 33.4 Å². The van der Waals surface area contributed by atoms with Gasteiger partial charge in [0.25, 0.3) is 0 Å². The Hall–Kier alpha value is -1.07. The van der Waals surface area contributed by atoms with Crippen LogP contribution < -0.4 is 5.32 Å². The maximum absolute atomic E-state index is 5.56. The predicted octanol–water partition coefficient (Wildman–Crippen LogP) is 1.92. The van der Waals surface area contributed by atoms with Crippen molar-refractivity contribution in [2.75, 3.05) is 39.1 Å². The lowest BCUT2D eigenvalue weighted by atomic mass is 10.2. The van der Waals surface area contributed by atoms with Crippen LogP contribution >= 0.6 is 0 Å². The second kappa shape index (κ2) is 8.17. The number of imidazole rings is 1. The smallest absolute Gasteiger partial charge is 0.202 e. The molecule has 1 N–H and O–H groups in total. The normalized spacial score (nSPS) is 13.2. The van der Waals surface area contributed by atoms with Crippen molar-refractivity contribution in [1.29, 1.82) is 0 Å². The molecule has 1 aromatic rings. The standard InChI is InChI=1S/C14H28N4O/c1-6-17(4)10-13(19-5)11-18-8-7-15-14(18)16-9-12(2)3/h7-8,12-13H,6,9-11H2,1-5H3,(H,15,16). The zero-order chi connectivity index (χ0) is 14.3. The van der Waals surface area contributed by atoms with E-state index in [1.807, 2.05) is 12.4 Å². The van der Waals surface area contributed by atoms with E-state index in [0.717, 1.165) is 32.1 Å². The molecule has 0 aliphatic heterocycles. The lowest BCUT2D eigenvalue weighted by molar-refractivity contribution is 0.0607. The van der Waals surface area contributed by atoms with Gasteiger partial charge in [-0.3, -0.25) is 0 Å². The molecule has 0 saturated carbocycles. The Bertz CT molecular complexity index is 351. The summed E-state index contributed by atoms with van der Waals surface area (Å²) in [5.74, 6) is 1.53. The average molecular weight is 268 g/mol. The summed E-state index contributed by atoms with van der Waals surface area (Å²) in [5, 5.41) is 3.37. The molecule has 1 aromatic heterocycles. The summed E-state index contributed by atoms with van der Waals surface area (Å²) in [6, 6.07) is 0. The molecule has 1 atom stereocenters. The largest absolute Gasteiger partial charge is 0.378 e. The van der Waals surface area contributed by atoms with Crippen LogP contribution in [0.4, 0.5) is 5.95 Å². The topological polar surface area (TPSA) is 42.3 Å². The number of methoxy groups -OCH3 is 1. The van der Waals surface area contributed by atoms with Crippen molar-refractivity contribution in [2.24, 2.45) is 5.92 Å². The minimum absolute atomic E-state index is 0.179. The molecule has 0 aliphatic carbocycles. The minimum Gasteiger partial charge on any atom is -0.378 e. The van der Waals surface area contributed by atoms with E-state index in [0.29, 0.717) is 5.92 Å². The average Bonchev–Trinajstić information content (AvgIpc) is 2.82. The highest BCUT2D eigenvalue weighted by Gasteiger charge is 2.13. The van der Waals surface area contributed by atoms with Crippen LogP contribution in [0.5, 0.6) is 0 Å². The number of rotatable bonds is 9. The monoisotopic (exact) mass is 268 g/mol. The van der Waals surface area contributed by atoms with Crippen LogP contribution in [0, 0.1) is 5.92 Å². The molecule has 5 heteroatoms. The first-order valence-electron chi connectivity index (χ1n) is 7.03. The summed E-state index contributed by atoms with van der Waals surface area (Å²) in [4.78, 5) is 6.61. The number of nitrogens with zero attached hydrogens (tertiary/aromatic N) is 3. The fourth-order valence-electron chi connectivity index (χ4n) is 1.82. The number of anilines is 1. The van der Waals surface area contributed by atoms with Gasteiger partial charge >= 0.3 is 0 Å². The van der Waals surface area contributed by atoms with E-state index in [4.69, 9.17) is 4.74 Å². The fraction of sp³-hybridized carbons (Fsp3) is 0.786. The molecule has 1 heterocycles. The number of hydrogen-bond donors (Lipinski definition) is 1. The van der Waals surface area contributed by atoms with E-state index in [-0.39, 0.29) is 6.10 Å². The summed E-state index contributed by atoms with van der Waals surface area (Å²) in [5.41, 5.74) is 0. The molecular weight excluding hydrogens is 240 g/mol. The minimum atomic E-state index is 0.179. The summed E-state index contributed by atoms with van der Waals surface area (Å²) in [6.45, 7) is 10.2. The van der Waals surface area contributed by atoms with Gasteiger partial charge in [-0.1, -0.05) is 20.8 Å². The Morgan fingerprint density at radius 3 is 2.79 bits per heavy atom. The number of aromatic nitrogens is 2. The zero-order valence-electron chi connectivity index (χ0n) is 12.9. The highest BCUT2D eigenvalue weighted by molar-refractivity contribution is 5.25. The van der Waals surface area contributed by atoms with Gasteiger partial charge in [-0.2, -0.15) is 0 Å². The first-order valence-corrected chi connectivity index (χ1v) is 7.03. The molecule has 5 nitrogen and oxygen atoms in total. The molecule has 0 saturated heterocycles. The van der Waals surface area contributed by atoms with E-state index >= 15 is 0 Å². The molecule has 0 fully saturated rings. The summed E-state index contributed by atoms with van der Waals surface area (Å²) in [6.07, 6.45) is 4.01. The van der Waals surface area contributed by atoms with Crippen molar-refractivity contribution in [3.05, 3.63) is 12.4 Å². The van der Waals surface area contributed by atoms with Crippen LogP contribution in [0.15, 0.2) is 12.4 Å². The summed E-state index contributed by atoms with van der Waals surface area (Å²) in [7, 11) is 3.88. The van der Waals surface area contributed by atoms with Gasteiger partial charge < -0.3 is 19.5 Å². The molecular formula is C14H28N4O. The molecule has 0 bridgehead atoms. The predicted molar refractivity (Wildman–Crippen MR) is 79.5 cm³/mol. The first-order chi connectivity index (χ1) is 9.06. The second-order valence-electron chi connectivity index (χ2n) is 5.39. The summed E-state index contributed by atoms with van der Waals surface area (Å²) >= 11 is 0. The van der Waals surface area contributed by atoms with Crippen molar-refractivity contribution in [3.63, 3.8) is 0 Å². The van der Waals surface area contributed by atoms with Crippen molar-refractivity contribution < 1.29 is 4.74 Å². The number of ether oxygens (including phenoxy) is 1. The quantitative estimate of drug-likeness (QED) is 0.743. The third-order valence-corrected chi connectivity index (χ3v) is 3.17. The van der Waals surface area contributed by atoms with Crippen LogP contribution in [0.25, 0.3) is 0 Å². The molecule has 0 aliphatic rings. The molecule has 0 spiro atoms. The van der Waals surface area contributed by atoms with Gasteiger partial charge in [-0.15, -0.1) is 0 Å². The third kappa shape index (κ3) is 5.61. The van der Waals surface area contributed by atoms with Crippen LogP contribution in [0.2, 0.25) is 0 Å². The van der Waals surface area contributed by atoms with Crippen molar-refractivity contribution in [3.8, 4) is 0 Å². The highest BCUT2D eigenvalue weighted by atomic mass is 16.5. The molecule has 0 aromatic carbocycles. The second-order valence-corrected chi connectivity index (χ2v) is 5.39. The summed E-state index contributed by atoms with van der Waals surface area (Å²) < 4.78 is 7.68. The SMILES string of the molecule is CCN(C)CC(Cn1ccnc1NCC(C)C)OC. The van der Waals surface area contributed by atoms with E-state index in [9.17, 15) is 0 Å². The van der Waals surface area contributed by atoms with Crippen LogP contribution in [0.3, 0.4) is 0 Å². The van der Waals surface area contributed by atoms with Crippen molar-refractivity contribution >= 4 is 5.95 Å². The first kappa shape index (κ1) is 16.0. The zero-order valence-corrected chi connectivity index (χ0v) is 12.9. The van der Waals surface area contributed by atoms with E-state index in [1.54, 1.807) is 7.11 Å². The van der Waals surface area contributed by atoms with Gasteiger partial charge in [0.2, 0.25) is 5.95 Å². The Morgan fingerprint density at radius 1 is 1.47 bits per heavy atom. The van der Waals surface area contributed by atoms with Crippen molar-refractivity contribution in [1.82, 2.24) is 14.5 Å². The van der Waals surface area contributed by atoms with Gasteiger partial charge in [0.05, 0.1) is 12.6 Å². The van der Waals surface area contributed by atoms with Crippen LogP contribution in [-0.4, -0.2) is 54.3 Å². The van der Waals surface area contributed by atoms with E-state index in [2.05, 4.69) is 47.6 Å². The van der Waals surface area contributed by atoms with Gasteiger partial charge in [0.15, 0.2) is 0 Å². The van der Waals surface area contributed by atoms with Gasteiger partial charge in [0, 0.05) is 32.6 Å². The molecule has 0 radical (unpaired) electrons. The van der Waals surface area contributed by atoms with Crippen LogP contribution in [0.1, 0.15) is 20.8 Å². The molecule has 19 heavy (non-hydrogen) atoms. The van der Waals surface area contributed by atoms with E-state index < -0.39 is 0 Å². The van der Waals surface area contributed by atoms with Crippen LogP contribution in [-0.2, 0) is 11.3 Å².